The fourth-order valence-electron chi connectivity index (χ4n) is 1.82. The van der Waals surface area contributed by atoms with Gasteiger partial charge in [0.1, 0.15) is 0 Å². The van der Waals surface area contributed by atoms with E-state index in [-0.39, 0.29) is 6.04 Å². The molecule has 0 aliphatic rings. The van der Waals surface area contributed by atoms with Gasteiger partial charge in [0.05, 0.1) is 6.04 Å². The van der Waals surface area contributed by atoms with E-state index in [0.717, 1.165) is 16.1 Å². The molecule has 0 aliphatic carbocycles. The smallest absolute Gasteiger partial charge is 0.0551 e. The standard InChI is InChI=1S/C15H16ClN/c1-10-3-4-13(9-11(10)2)15(17)12-5-7-14(16)8-6-12/h3-9,15H,17H2,1-2H3. The van der Waals surface area contributed by atoms with Crippen LogP contribution in [0.3, 0.4) is 0 Å². The van der Waals surface area contributed by atoms with E-state index in [0.29, 0.717) is 0 Å². The minimum Gasteiger partial charge on any atom is -0.320 e. The van der Waals surface area contributed by atoms with Gasteiger partial charge in [-0.25, -0.2) is 0 Å². The molecule has 0 aromatic heterocycles. The van der Waals surface area contributed by atoms with Crippen LogP contribution in [0.15, 0.2) is 42.5 Å². The average molecular weight is 246 g/mol. The van der Waals surface area contributed by atoms with Gasteiger partial charge in [0.25, 0.3) is 0 Å². The maximum absolute atomic E-state index is 6.24. The van der Waals surface area contributed by atoms with Gasteiger partial charge in [0, 0.05) is 5.02 Å². The highest BCUT2D eigenvalue weighted by atomic mass is 35.5. The summed E-state index contributed by atoms with van der Waals surface area (Å²) in [6, 6.07) is 13.9. The lowest BCUT2D eigenvalue weighted by Gasteiger charge is -2.14. The van der Waals surface area contributed by atoms with Gasteiger partial charge in [-0.05, 0) is 48.2 Å². The Balaban J connectivity index is 2.33. The second kappa shape index (κ2) is 4.91. The SMILES string of the molecule is Cc1ccc(C(N)c2ccc(Cl)cc2)cc1C. The first-order chi connectivity index (χ1) is 8.08. The molecule has 1 unspecified atom stereocenters. The van der Waals surface area contributed by atoms with Crippen molar-refractivity contribution >= 4 is 11.6 Å². The molecule has 2 rings (SSSR count). The van der Waals surface area contributed by atoms with Crippen molar-refractivity contribution in [2.24, 2.45) is 5.73 Å². The normalized spacial score (nSPS) is 12.5. The van der Waals surface area contributed by atoms with Gasteiger partial charge >= 0.3 is 0 Å². The first-order valence-corrected chi connectivity index (χ1v) is 6.04. The van der Waals surface area contributed by atoms with Gasteiger partial charge in [-0.2, -0.15) is 0 Å². The summed E-state index contributed by atoms with van der Waals surface area (Å²) in [6.07, 6.45) is 0. The third-order valence-electron chi connectivity index (χ3n) is 3.12. The lowest BCUT2D eigenvalue weighted by atomic mass is 9.96. The number of nitrogens with two attached hydrogens (primary N) is 1. The van der Waals surface area contributed by atoms with Crippen LogP contribution in [-0.2, 0) is 0 Å². The summed E-state index contributed by atoms with van der Waals surface area (Å²) >= 11 is 5.87. The fourth-order valence-corrected chi connectivity index (χ4v) is 1.95. The van der Waals surface area contributed by atoms with Crippen LogP contribution in [0.2, 0.25) is 5.02 Å². The monoisotopic (exact) mass is 245 g/mol. The second-order valence-corrected chi connectivity index (χ2v) is 4.81. The summed E-state index contributed by atoms with van der Waals surface area (Å²) in [7, 11) is 0. The maximum Gasteiger partial charge on any atom is 0.0551 e. The molecule has 2 heteroatoms. The molecule has 1 atom stereocenters. The quantitative estimate of drug-likeness (QED) is 0.850. The van der Waals surface area contributed by atoms with E-state index in [1.807, 2.05) is 24.3 Å². The predicted octanol–water partition coefficient (Wildman–Crippen LogP) is 4.00. The van der Waals surface area contributed by atoms with Crippen molar-refractivity contribution in [2.75, 3.05) is 0 Å². The Morgan fingerprint density at radius 1 is 0.882 bits per heavy atom. The van der Waals surface area contributed by atoms with Crippen LogP contribution >= 0.6 is 11.6 Å². The van der Waals surface area contributed by atoms with E-state index < -0.39 is 0 Å². The Labute approximate surface area is 107 Å². The molecular weight excluding hydrogens is 230 g/mol. The number of hydrogen-bond donors (Lipinski definition) is 1. The van der Waals surface area contributed by atoms with Crippen LogP contribution in [0.4, 0.5) is 0 Å². The van der Waals surface area contributed by atoms with Crippen LogP contribution in [0.1, 0.15) is 28.3 Å². The highest BCUT2D eigenvalue weighted by molar-refractivity contribution is 6.30. The zero-order valence-corrected chi connectivity index (χ0v) is 10.8. The molecule has 88 valence electrons. The van der Waals surface area contributed by atoms with E-state index in [1.54, 1.807) is 0 Å². The average Bonchev–Trinajstić information content (AvgIpc) is 2.33. The highest BCUT2D eigenvalue weighted by Gasteiger charge is 2.09. The molecule has 0 bridgehead atoms. The Bertz CT molecular complexity index is 517. The number of benzene rings is 2. The third kappa shape index (κ3) is 2.68. The molecule has 2 aromatic rings. The summed E-state index contributed by atoms with van der Waals surface area (Å²) < 4.78 is 0. The lowest BCUT2D eigenvalue weighted by molar-refractivity contribution is 0.869. The van der Waals surface area contributed by atoms with E-state index in [4.69, 9.17) is 17.3 Å². The molecule has 2 N–H and O–H groups in total. The highest BCUT2D eigenvalue weighted by Crippen LogP contribution is 2.23. The summed E-state index contributed by atoms with van der Waals surface area (Å²) in [5.41, 5.74) is 11.0. The van der Waals surface area contributed by atoms with Gasteiger partial charge in [0.2, 0.25) is 0 Å². The van der Waals surface area contributed by atoms with E-state index in [9.17, 15) is 0 Å². The molecule has 0 saturated carbocycles. The Morgan fingerprint density at radius 2 is 1.47 bits per heavy atom. The number of hydrogen-bond acceptors (Lipinski definition) is 1. The Hall–Kier alpha value is -1.31. The topological polar surface area (TPSA) is 26.0 Å². The van der Waals surface area contributed by atoms with Crippen molar-refractivity contribution in [1.29, 1.82) is 0 Å². The van der Waals surface area contributed by atoms with Crippen LogP contribution in [0.5, 0.6) is 0 Å². The summed E-state index contributed by atoms with van der Waals surface area (Å²) in [6.45, 7) is 4.21. The molecule has 0 heterocycles. The van der Waals surface area contributed by atoms with E-state index in [1.165, 1.54) is 11.1 Å². The molecule has 0 radical (unpaired) electrons. The van der Waals surface area contributed by atoms with Crippen molar-refractivity contribution < 1.29 is 0 Å². The Morgan fingerprint density at radius 3 is 2.06 bits per heavy atom. The molecule has 0 spiro atoms. The minimum atomic E-state index is -0.0911. The summed E-state index contributed by atoms with van der Waals surface area (Å²) in [5, 5.41) is 0.737. The number of halogens is 1. The summed E-state index contributed by atoms with van der Waals surface area (Å²) in [5.74, 6) is 0. The zero-order valence-electron chi connectivity index (χ0n) is 10.1. The number of aryl methyl sites for hydroxylation is 2. The summed E-state index contributed by atoms with van der Waals surface area (Å²) in [4.78, 5) is 0. The molecule has 1 nitrogen and oxygen atoms in total. The molecule has 0 amide bonds. The molecule has 17 heavy (non-hydrogen) atoms. The second-order valence-electron chi connectivity index (χ2n) is 4.37. The number of rotatable bonds is 2. The largest absolute Gasteiger partial charge is 0.320 e. The van der Waals surface area contributed by atoms with Crippen molar-refractivity contribution in [2.45, 2.75) is 19.9 Å². The van der Waals surface area contributed by atoms with E-state index in [2.05, 4.69) is 32.0 Å². The van der Waals surface area contributed by atoms with Crippen molar-refractivity contribution in [3.8, 4) is 0 Å². The van der Waals surface area contributed by atoms with Gasteiger partial charge in [-0.15, -0.1) is 0 Å². The molecule has 2 aromatic carbocycles. The van der Waals surface area contributed by atoms with Crippen LogP contribution in [0, 0.1) is 13.8 Å². The van der Waals surface area contributed by atoms with Gasteiger partial charge in [0.15, 0.2) is 0 Å². The van der Waals surface area contributed by atoms with Crippen molar-refractivity contribution in [3.05, 3.63) is 69.7 Å². The van der Waals surface area contributed by atoms with Crippen LogP contribution in [0.25, 0.3) is 0 Å². The van der Waals surface area contributed by atoms with E-state index >= 15 is 0 Å². The van der Waals surface area contributed by atoms with Crippen molar-refractivity contribution in [3.63, 3.8) is 0 Å². The van der Waals surface area contributed by atoms with Crippen LogP contribution in [-0.4, -0.2) is 0 Å². The molecule has 0 saturated heterocycles. The van der Waals surface area contributed by atoms with Crippen LogP contribution < -0.4 is 5.73 Å². The van der Waals surface area contributed by atoms with Gasteiger partial charge in [-0.1, -0.05) is 41.9 Å². The fraction of sp³-hybridized carbons (Fsp3) is 0.200. The predicted molar refractivity (Wildman–Crippen MR) is 73.4 cm³/mol. The molecular formula is C15H16ClN. The van der Waals surface area contributed by atoms with Gasteiger partial charge < -0.3 is 5.73 Å². The minimum absolute atomic E-state index is 0.0911. The molecule has 0 aliphatic heterocycles. The van der Waals surface area contributed by atoms with Crippen molar-refractivity contribution in [1.82, 2.24) is 0 Å². The third-order valence-corrected chi connectivity index (χ3v) is 3.37. The lowest BCUT2D eigenvalue weighted by Crippen LogP contribution is -2.11. The zero-order chi connectivity index (χ0) is 12.4. The molecule has 0 fully saturated rings. The Kier molecular flexibility index (Phi) is 3.51. The van der Waals surface area contributed by atoms with Gasteiger partial charge in [-0.3, -0.25) is 0 Å². The first kappa shape index (κ1) is 12.2. The maximum atomic E-state index is 6.24. The first-order valence-electron chi connectivity index (χ1n) is 5.66.